The van der Waals surface area contributed by atoms with Crippen LogP contribution in [0.4, 0.5) is 5.69 Å². The van der Waals surface area contributed by atoms with Gasteiger partial charge in [0, 0.05) is 19.3 Å². The second kappa shape index (κ2) is 6.10. The van der Waals surface area contributed by atoms with Crippen LogP contribution in [0.15, 0.2) is 23.1 Å². The van der Waals surface area contributed by atoms with Crippen molar-refractivity contribution in [3.8, 4) is 0 Å². The lowest BCUT2D eigenvalue weighted by molar-refractivity contribution is -0.120. The molecule has 0 aromatic heterocycles. The van der Waals surface area contributed by atoms with E-state index in [2.05, 4.69) is 4.72 Å². The zero-order chi connectivity index (χ0) is 15.6. The number of rotatable bonds is 5. The number of nitrogens with two attached hydrogens (primary N) is 1. The molecule has 21 heavy (non-hydrogen) atoms. The molecule has 0 aliphatic carbocycles. The predicted molar refractivity (Wildman–Crippen MR) is 78.6 cm³/mol. The Morgan fingerprint density at radius 1 is 1.52 bits per heavy atom. The molecule has 0 spiro atoms. The number of carbonyl (C=O) groups is 1. The first-order chi connectivity index (χ1) is 9.90. The maximum atomic E-state index is 12.3. The predicted octanol–water partition coefficient (Wildman–Crippen LogP) is -0.542. The highest BCUT2D eigenvalue weighted by atomic mass is 32.2. The molecule has 1 atom stereocenters. The van der Waals surface area contributed by atoms with Gasteiger partial charge in [-0.15, -0.1) is 0 Å². The summed E-state index contributed by atoms with van der Waals surface area (Å²) in [5.74, 6) is -0.269. The van der Waals surface area contributed by atoms with E-state index < -0.39 is 16.1 Å². The van der Waals surface area contributed by atoms with Gasteiger partial charge < -0.3 is 15.4 Å². The number of amides is 1. The number of carbonyl (C=O) groups excluding carboxylic acids is 1. The van der Waals surface area contributed by atoms with Crippen molar-refractivity contribution in [1.29, 1.82) is 0 Å². The van der Waals surface area contributed by atoms with Gasteiger partial charge in [0.1, 0.15) is 6.04 Å². The Hall–Kier alpha value is -1.48. The Kier molecular flexibility index (Phi) is 4.62. The fraction of sp³-hybridized carbons (Fsp3) is 0.462. The summed E-state index contributed by atoms with van der Waals surface area (Å²) in [5.41, 5.74) is 7.30. The van der Waals surface area contributed by atoms with Crippen LogP contribution in [0.1, 0.15) is 5.56 Å². The number of ether oxygens (including phenoxy) is 1. The molecular weight excluding hydrogens is 294 g/mol. The molecule has 2 rings (SSSR count). The van der Waals surface area contributed by atoms with Gasteiger partial charge in [-0.1, -0.05) is 6.07 Å². The first-order valence-electron chi connectivity index (χ1n) is 6.53. The molecule has 1 amide bonds. The molecule has 0 radical (unpaired) electrons. The van der Waals surface area contributed by atoms with E-state index in [0.717, 1.165) is 5.56 Å². The minimum absolute atomic E-state index is 0.124. The van der Waals surface area contributed by atoms with Crippen LogP contribution in [-0.2, 0) is 26.0 Å². The monoisotopic (exact) mass is 313 g/mol. The van der Waals surface area contributed by atoms with Gasteiger partial charge in [0.05, 0.1) is 11.5 Å². The molecule has 0 saturated carbocycles. The minimum Gasteiger partial charge on any atom is -0.383 e. The fourth-order valence-corrected chi connectivity index (χ4v) is 3.07. The molecule has 0 saturated heterocycles. The van der Waals surface area contributed by atoms with E-state index in [9.17, 15) is 13.2 Å². The Morgan fingerprint density at radius 3 is 2.86 bits per heavy atom. The summed E-state index contributed by atoms with van der Waals surface area (Å²) < 4.78 is 30.9. The van der Waals surface area contributed by atoms with Crippen LogP contribution in [0.25, 0.3) is 0 Å². The molecule has 1 heterocycles. The number of nitrogens with zero attached hydrogens (tertiary/aromatic N) is 1. The van der Waals surface area contributed by atoms with Gasteiger partial charge >= 0.3 is 0 Å². The third-order valence-corrected chi connectivity index (χ3v) is 4.87. The summed E-state index contributed by atoms with van der Waals surface area (Å²) >= 11 is 0. The van der Waals surface area contributed by atoms with Crippen LogP contribution in [0.5, 0.6) is 0 Å². The zero-order valence-electron chi connectivity index (χ0n) is 12.0. The van der Waals surface area contributed by atoms with Crippen LogP contribution in [-0.4, -0.2) is 47.7 Å². The number of fused-ring (bicyclic) bond motifs is 1. The fourth-order valence-electron chi connectivity index (χ4n) is 2.32. The molecule has 8 heteroatoms. The molecular formula is C13H19N3O4S. The molecule has 1 unspecified atom stereocenters. The van der Waals surface area contributed by atoms with Crippen molar-refractivity contribution in [3.63, 3.8) is 0 Å². The molecule has 1 aromatic carbocycles. The number of methoxy groups -OCH3 is 1. The Bertz CT molecular complexity index is 645. The van der Waals surface area contributed by atoms with Crippen molar-refractivity contribution in [2.75, 3.05) is 32.2 Å². The van der Waals surface area contributed by atoms with Gasteiger partial charge in [0.15, 0.2) is 0 Å². The molecule has 1 aromatic rings. The zero-order valence-corrected chi connectivity index (χ0v) is 12.8. The highest BCUT2D eigenvalue weighted by Crippen LogP contribution is 2.30. The van der Waals surface area contributed by atoms with Crippen LogP contribution >= 0.6 is 0 Å². The first kappa shape index (κ1) is 15.9. The Balaban J connectivity index is 2.34. The van der Waals surface area contributed by atoms with Gasteiger partial charge in [-0.3, -0.25) is 4.79 Å². The maximum absolute atomic E-state index is 12.3. The summed E-state index contributed by atoms with van der Waals surface area (Å²) in [6.07, 6.45) is 0.681. The second-order valence-electron chi connectivity index (χ2n) is 4.80. The molecule has 0 bridgehead atoms. The third kappa shape index (κ3) is 3.08. The number of anilines is 1. The van der Waals surface area contributed by atoms with Crippen LogP contribution in [0.3, 0.4) is 0 Å². The summed E-state index contributed by atoms with van der Waals surface area (Å²) in [7, 11) is -0.721. The van der Waals surface area contributed by atoms with Crippen LogP contribution in [0.2, 0.25) is 0 Å². The molecule has 0 fully saturated rings. The number of hydrogen-bond acceptors (Lipinski definition) is 5. The topological polar surface area (TPSA) is 102 Å². The lowest BCUT2D eigenvalue weighted by Gasteiger charge is -2.21. The minimum atomic E-state index is -3.54. The van der Waals surface area contributed by atoms with E-state index in [-0.39, 0.29) is 17.4 Å². The van der Waals surface area contributed by atoms with Crippen molar-refractivity contribution in [2.24, 2.45) is 5.73 Å². The van der Waals surface area contributed by atoms with E-state index in [1.165, 1.54) is 31.2 Å². The molecule has 1 aliphatic rings. The van der Waals surface area contributed by atoms with Gasteiger partial charge in [0.2, 0.25) is 15.9 Å². The van der Waals surface area contributed by atoms with Gasteiger partial charge in [-0.2, -0.15) is 0 Å². The lowest BCUT2D eigenvalue weighted by Crippen LogP contribution is -2.45. The maximum Gasteiger partial charge on any atom is 0.246 e. The number of benzene rings is 1. The standard InChI is InChI=1S/C13H19N3O4S/c1-15-21(18,19)10-4-3-9-5-6-16(12(9)7-10)13(17)11(14)8-20-2/h3-4,7,11,15H,5-6,8,14H2,1-2H3. The van der Waals surface area contributed by atoms with Crippen molar-refractivity contribution in [1.82, 2.24) is 4.72 Å². The molecule has 3 N–H and O–H groups in total. The summed E-state index contributed by atoms with van der Waals surface area (Å²) in [4.78, 5) is 13.9. The SMILES string of the molecule is CNS(=O)(=O)c1ccc2c(c1)N(C(=O)C(N)COC)CC2. The van der Waals surface area contributed by atoms with E-state index in [0.29, 0.717) is 18.7 Å². The molecule has 1 aliphatic heterocycles. The summed E-state index contributed by atoms with van der Waals surface area (Å²) in [5, 5.41) is 0. The van der Waals surface area contributed by atoms with Crippen molar-refractivity contribution in [3.05, 3.63) is 23.8 Å². The van der Waals surface area contributed by atoms with Crippen molar-refractivity contribution >= 4 is 21.6 Å². The van der Waals surface area contributed by atoms with E-state index in [1.807, 2.05) is 0 Å². The average molecular weight is 313 g/mol. The van der Waals surface area contributed by atoms with E-state index in [4.69, 9.17) is 10.5 Å². The van der Waals surface area contributed by atoms with Crippen LogP contribution < -0.4 is 15.4 Å². The lowest BCUT2D eigenvalue weighted by atomic mass is 10.2. The van der Waals surface area contributed by atoms with Gasteiger partial charge in [-0.25, -0.2) is 13.1 Å². The second-order valence-corrected chi connectivity index (χ2v) is 6.69. The Morgan fingerprint density at radius 2 is 2.24 bits per heavy atom. The van der Waals surface area contributed by atoms with Crippen LogP contribution in [0, 0.1) is 0 Å². The van der Waals surface area contributed by atoms with Gasteiger partial charge in [-0.05, 0) is 31.2 Å². The quantitative estimate of drug-likeness (QED) is 0.760. The van der Waals surface area contributed by atoms with Crippen molar-refractivity contribution in [2.45, 2.75) is 17.4 Å². The van der Waals surface area contributed by atoms with E-state index >= 15 is 0 Å². The average Bonchev–Trinajstić information content (AvgIpc) is 2.89. The number of sulfonamides is 1. The van der Waals surface area contributed by atoms with Crippen molar-refractivity contribution < 1.29 is 17.9 Å². The summed E-state index contributed by atoms with van der Waals surface area (Å²) in [6.45, 7) is 0.619. The summed E-state index contributed by atoms with van der Waals surface area (Å²) in [6, 6.07) is 4.01. The Labute approximate surface area is 124 Å². The normalized spacial score (nSPS) is 15.9. The third-order valence-electron chi connectivity index (χ3n) is 3.46. The largest absolute Gasteiger partial charge is 0.383 e. The number of hydrogen-bond donors (Lipinski definition) is 2. The molecule has 116 valence electrons. The smallest absolute Gasteiger partial charge is 0.246 e. The molecule has 7 nitrogen and oxygen atoms in total. The van der Waals surface area contributed by atoms with Gasteiger partial charge in [0.25, 0.3) is 0 Å². The highest BCUT2D eigenvalue weighted by molar-refractivity contribution is 7.89. The van der Waals surface area contributed by atoms with E-state index in [1.54, 1.807) is 6.07 Å². The number of nitrogens with one attached hydrogen (secondary N) is 1. The first-order valence-corrected chi connectivity index (χ1v) is 8.01. The highest BCUT2D eigenvalue weighted by Gasteiger charge is 2.29.